The lowest BCUT2D eigenvalue weighted by atomic mass is 9.88. The molecule has 5 nitrogen and oxygen atoms in total. The van der Waals surface area contributed by atoms with Gasteiger partial charge in [0.2, 0.25) is 0 Å². The van der Waals surface area contributed by atoms with Crippen molar-refractivity contribution in [1.29, 1.82) is 0 Å². The van der Waals surface area contributed by atoms with E-state index in [-0.39, 0.29) is 18.6 Å². The Hall–Kier alpha value is -1.88. The van der Waals surface area contributed by atoms with E-state index in [2.05, 4.69) is 16.2 Å². The van der Waals surface area contributed by atoms with Crippen LogP contribution < -0.4 is 10.5 Å². The highest BCUT2D eigenvalue weighted by molar-refractivity contribution is 5.39. The zero-order valence-corrected chi connectivity index (χ0v) is 12.5. The maximum Gasteiger partial charge on any atom is 0.264 e. The van der Waals surface area contributed by atoms with Gasteiger partial charge in [0.25, 0.3) is 5.89 Å². The Labute approximate surface area is 124 Å². The highest BCUT2D eigenvalue weighted by atomic mass is 16.5. The van der Waals surface area contributed by atoms with Crippen molar-refractivity contribution in [3.8, 4) is 5.75 Å². The summed E-state index contributed by atoms with van der Waals surface area (Å²) < 4.78 is 10.9. The molecular weight excluding hydrogens is 266 g/mol. The molecule has 1 aromatic heterocycles. The van der Waals surface area contributed by atoms with Crippen LogP contribution in [-0.4, -0.2) is 10.1 Å². The Morgan fingerprint density at radius 1 is 1.43 bits per heavy atom. The number of fused-ring (bicyclic) bond motifs is 1. The molecule has 1 aromatic carbocycles. The number of ether oxygens (including phenoxy) is 1. The van der Waals surface area contributed by atoms with Gasteiger partial charge in [-0.1, -0.05) is 25.1 Å². The third-order valence-electron chi connectivity index (χ3n) is 3.84. The lowest BCUT2D eigenvalue weighted by molar-refractivity contribution is 0.242. The van der Waals surface area contributed by atoms with Gasteiger partial charge in [0, 0.05) is 12.0 Å². The summed E-state index contributed by atoms with van der Waals surface area (Å²) in [4.78, 5) is 4.30. The second-order valence-corrected chi connectivity index (χ2v) is 5.85. The predicted octanol–water partition coefficient (Wildman–Crippen LogP) is 3.11. The van der Waals surface area contributed by atoms with Crippen molar-refractivity contribution in [2.24, 2.45) is 5.73 Å². The molecule has 0 saturated heterocycles. The van der Waals surface area contributed by atoms with Gasteiger partial charge in [-0.2, -0.15) is 4.98 Å². The minimum atomic E-state index is 0.119. The van der Waals surface area contributed by atoms with Crippen molar-refractivity contribution in [3.63, 3.8) is 0 Å². The lowest BCUT2D eigenvalue weighted by Gasteiger charge is -2.22. The fraction of sp³-hybridized carbons (Fsp3) is 0.500. The SMILES string of the molecule is CC(C)c1noc(COc2ccc3c(c2)[C@@H](N)CCC3)n1. The van der Waals surface area contributed by atoms with Gasteiger partial charge in [-0.25, -0.2) is 0 Å². The van der Waals surface area contributed by atoms with Crippen LogP contribution in [0.2, 0.25) is 0 Å². The fourth-order valence-corrected chi connectivity index (χ4v) is 2.61. The van der Waals surface area contributed by atoms with E-state index in [4.69, 9.17) is 15.0 Å². The van der Waals surface area contributed by atoms with Crippen LogP contribution >= 0.6 is 0 Å². The molecular formula is C16H21N3O2. The molecule has 2 N–H and O–H groups in total. The first kappa shape index (κ1) is 14.1. The molecule has 0 amide bonds. The number of hydrogen-bond donors (Lipinski definition) is 1. The first-order valence-electron chi connectivity index (χ1n) is 7.47. The molecule has 0 saturated carbocycles. The molecule has 0 spiro atoms. The van der Waals surface area contributed by atoms with E-state index >= 15 is 0 Å². The van der Waals surface area contributed by atoms with Gasteiger partial charge >= 0.3 is 0 Å². The Morgan fingerprint density at radius 3 is 3.05 bits per heavy atom. The zero-order valence-electron chi connectivity index (χ0n) is 12.5. The standard InChI is InChI=1S/C16H21N3O2/c1-10(2)16-18-15(21-19-16)9-20-12-7-6-11-4-3-5-14(17)13(11)8-12/h6-8,10,14H,3-5,9,17H2,1-2H3/t14-/m0/s1. The van der Waals surface area contributed by atoms with Gasteiger partial charge in [-0.05, 0) is 42.5 Å². The Balaban J connectivity index is 1.69. The summed E-state index contributed by atoms with van der Waals surface area (Å²) in [6.45, 7) is 4.34. The molecule has 1 atom stereocenters. The van der Waals surface area contributed by atoms with Crippen LogP contribution in [0.3, 0.4) is 0 Å². The number of nitrogens with zero attached hydrogens (tertiary/aromatic N) is 2. The van der Waals surface area contributed by atoms with E-state index in [1.807, 2.05) is 26.0 Å². The van der Waals surface area contributed by atoms with Crippen LogP contribution in [0.4, 0.5) is 0 Å². The number of benzene rings is 1. The summed E-state index contributed by atoms with van der Waals surface area (Å²) in [6, 6.07) is 6.25. The van der Waals surface area contributed by atoms with Crippen molar-refractivity contribution in [2.75, 3.05) is 0 Å². The van der Waals surface area contributed by atoms with Crippen molar-refractivity contribution < 1.29 is 9.26 Å². The summed E-state index contributed by atoms with van der Waals surface area (Å²) in [5.74, 6) is 2.27. The van der Waals surface area contributed by atoms with Gasteiger partial charge in [-0.3, -0.25) is 0 Å². The van der Waals surface area contributed by atoms with Crippen molar-refractivity contribution in [1.82, 2.24) is 10.1 Å². The Kier molecular flexibility index (Phi) is 3.92. The summed E-state index contributed by atoms with van der Waals surface area (Å²) in [6.07, 6.45) is 3.30. The number of rotatable bonds is 4. The van der Waals surface area contributed by atoms with Gasteiger partial charge in [0.05, 0.1) is 0 Å². The van der Waals surface area contributed by atoms with E-state index in [1.165, 1.54) is 11.1 Å². The average molecular weight is 287 g/mol. The molecule has 0 unspecified atom stereocenters. The summed E-state index contributed by atoms with van der Waals surface area (Å²) in [5, 5.41) is 3.92. The summed E-state index contributed by atoms with van der Waals surface area (Å²) in [5.41, 5.74) is 8.70. The van der Waals surface area contributed by atoms with Crippen LogP contribution in [0.25, 0.3) is 0 Å². The molecule has 0 bridgehead atoms. The maximum absolute atomic E-state index is 6.16. The fourth-order valence-electron chi connectivity index (χ4n) is 2.61. The number of aromatic nitrogens is 2. The van der Waals surface area contributed by atoms with Crippen molar-refractivity contribution in [2.45, 2.75) is 51.7 Å². The van der Waals surface area contributed by atoms with Crippen LogP contribution in [0, 0.1) is 0 Å². The maximum atomic E-state index is 6.16. The molecule has 1 aliphatic rings. The molecule has 3 rings (SSSR count). The Morgan fingerprint density at radius 2 is 2.29 bits per heavy atom. The van der Waals surface area contributed by atoms with Gasteiger partial charge in [-0.15, -0.1) is 0 Å². The second-order valence-electron chi connectivity index (χ2n) is 5.85. The summed E-state index contributed by atoms with van der Waals surface area (Å²) >= 11 is 0. The largest absolute Gasteiger partial charge is 0.484 e. The molecule has 0 radical (unpaired) electrons. The first-order valence-corrected chi connectivity index (χ1v) is 7.47. The number of nitrogens with two attached hydrogens (primary N) is 1. The topological polar surface area (TPSA) is 74.2 Å². The Bertz CT molecular complexity index is 622. The monoisotopic (exact) mass is 287 g/mol. The van der Waals surface area contributed by atoms with Gasteiger partial charge in [0.15, 0.2) is 12.4 Å². The molecule has 5 heteroatoms. The minimum Gasteiger partial charge on any atom is -0.484 e. The smallest absolute Gasteiger partial charge is 0.264 e. The molecule has 1 aliphatic carbocycles. The van der Waals surface area contributed by atoms with Crippen LogP contribution in [0.1, 0.15) is 61.5 Å². The number of hydrogen-bond acceptors (Lipinski definition) is 5. The van der Waals surface area contributed by atoms with E-state index in [0.29, 0.717) is 11.7 Å². The third kappa shape index (κ3) is 3.08. The first-order chi connectivity index (χ1) is 10.1. The zero-order chi connectivity index (χ0) is 14.8. The van der Waals surface area contributed by atoms with Gasteiger partial charge in [0.1, 0.15) is 5.75 Å². The molecule has 2 aromatic rings. The van der Waals surface area contributed by atoms with E-state index in [1.54, 1.807) is 0 Å². The third-order valence-corrected chi connectivity index (χ3v) is 3.84. The van der Waals surface area contributed by atoms with Gasteiger partial charge < -0.3 is 15.0 Å². The van der Waals surface area contributed by atoms with E-state index < -0.39 is 0 Å². The number of aryl methyl sites for hydroxylation is 1. The molecule has 0 fully saturated rings. The van der Waals surface area contributed by atoms with Crippen molar-refractivity contribution in [3.05, 3.63) is 41.0 Å². The molecule has 21 heavy (non-hydrogen) atoms. The van der Waals surface area contributed by atoms with Crippen LogP contribution in [-0.2, 0) is 13.0 Å². The molecule has 1 heterocycles. The van der Waals surface area contributed by atoms with E-state index in [9.17, 15) is 0 Å². The second kappa shape index (κ2) is 5.85. The molecule has 112 valence electrons. The predicted molar refractivity (Wildman–Crippen MR) is 79.0 cm³/mol. The lowest BCUT2D eigenvalue weighted by Crippen LogP contribution is -2.17. The summed E-state index contributed by atoms with van der Waals surface area (Å²) in [7, 11) is 0. The van der Waals surface area contributed by atoms with Crippen LogP contribution in [0.15, 0.2) is 22.7 Å². The van der Waals surface area contributed by atoms with E-state index in [0.717, 1.165) is 25.0 Å². The minimum absolute atomic E-state index is 0.119. The molecule has 0 aliphatic heterocycles. The normalized spacial score (nSPS) is 17.8. The average Bonchev–Trinajstić information content (AvgIpc) is 2.95. The quantitative estimate of drug-likeness (QED) is 0.935. The highest BCUT2D eigenvalue weighted by Gasteiger charge is 2.17. The van der Waals surface area contributed by atoms with Crippen LogP contribution in [0.5, 0.6) is 5.75 Å². The highest BCUT2D eigenvalue weighted by Crippen LogP contribution is 2.31. The van der Waals surface area contributed by atoms with Crippen molar-refractivity contribution >= 4 is 0 Å².